The number of carbonyl (C=O) groups excluding carboxylic acids is 2. The van der Waals surface area contributed by atoms with Gasteiger partial charge in [-0.05, 0) is 44.0 Å². The highest BCUT2D eigenvalue weighted by molar-refractivity contribution is 6.10. The molecule has 3 atom stereocenters. The first kappa shape index (κ1) is 24.9. The van der Waals surface area contributed by atoms with Gasteiger partial charge in [0.15, 0.2) is 6.04 Å². The van der Waals surface area contributed by atoms with Gasteiger partial charge in [-0.3, -0.25) is 9.59 Å². The van der Waals surface area contributed by atoms with Gasteiger partial charge in [0.2, 0.25) is 5.91 Å². The first-order chi connectivity index (χ1) is 17.1. The number of phenols is 1. The fourth-order valence-corrected chi connectivity index (χ4v) is 4.54. The summed E-state index contributed by atoms with van der Waals surface area (Å²) in [6.07, 6.45) is -0.348. The van der Waals surface area contributed by atoms with Crippen molar-refractivity contribution in [1.82, 2.24) is 20.2 Å². The van der Waals surface area contributed by atoms with Crippen LogP contribution >= 0.6 is 0 Å². The van der Waals surface area contributed by atoms with Crippen LogP contribution in [-0.4, -0.2) is 83.8 Å². The molecule has 1 aromatic carbocycles. The van der Waals surface area contributed by atoms with Gasteiger partial charge >= 0.3 is 11.9 Å². The van der Waals surface area contributed by atoms with Gasteiger partial charge in [0.05, 0.1) is 17.3 Å². The monoisotopic (exact) mass is 498 g/mol. The molecule has 6 N–H and O–H groups in total. The molecular formula is C24H26N4O8. The Bertz CT molecular complexity index is 1370. The van der Waals surface area contributed by atoms with Crippen molar-refractivity contribution in [1.29, 1.82) is 0 Å². The van der Waals surface area contributed by atoms with Crippen molar-refractivity contribution in [2.45, 2.75) is 50.8 Å². The first-order valence-electron chi connectivity index (χ1n) is 11.4. The van der Waals surface area contributed by atoms with Crippen LogP contribution in [0.3, 0.4) is 0 Å². The lowest BCUT2D eigenvalue weighted by atomic mass is 10.1. The Morgan fingerprint density at radius 3 is 2.61 bits per heavy atom. The summed E-state index contributed by atoms with van der Waals surface area (Å²) in [6, 6.07) is 3.65. The summed E-state index contributed by atoms with van der Waals surface area (Å²) >= 11 is 0. The van der Waals surface area contributed by atoms with Gasteiger partial charge < -0.3 is 35.6 Å². The van der Waals surface area contributed by atoms with E-state index < -0.39 is 36.0 Å². The number of H-pyrrole nitrogens is 1. The molecule has 1 fully saturated rings. The Kier molecular flexibility index (Phi) is 6.80. The zero-order valence-electron chi connectivity index (χ0n) is 19.4. The molecule has 4 rings (SSSR count). The van der Waals surface area contributed by atoms with Crippen LogP contribution in [0.1, 0.15) is 42.4 Å². The number of amides is 2. The highest BCUT2D eigenvalue weighted by atomic mass is 16.4. The van der Waals surface area contributed by atoms with E-state index in [1.54, 1.807) is 6.07 Å². The van der Waals surface area contributed by atoms with E-state index in [0.717, 1.165) is 0 Å². The van der Waals surface area contributed by atoms with Crippen molar-refractivity contribution < 1.29 is 39.6 Å². The average molecular weight is 498 g/mol. The average Bonchev–Trinajstić information content (AvgIpc) is 3.45. The van der Waals surface area contributed by atoms with Crippen molar-refractivity contribution in [3.05, 3.63) is 35.7 Å². The number of carboxylic acid groups (broad SMARTS) is 2. The summed E-state index contributed by atoms with van der Waals surface area (Å²) < 4.78 is 0. The van der Waals surface area contributed by atoms with Crippen LogP contribution in [0.4, 0.5) is 0 Å². The normalized spacial score (nSPS) is 17.3. The number of hydrogen-bond acceptors (Lipinski definition) is 7. The highest BCUT2D eigenvalue weighted by Crippen LogP contribution is 2.31. The number of rotatable bonds is 8. The van der Waals surface area contributed by atoms with Crippen LogP contribution < -0.4 is 5.32 Å². The van der Waals surface area contributed by atoms with Gasteiger partial charge in [-0.25, -0.2) is 14.6 Å². The summed E-state index contributed by atoms with van der Waals surface area (Å²) in [7, 11) is 0. The minimum Gasteiger partial charge on any atom is -0.508 e. The maximum Gasteiger partial charge on any atom is 0.328 e. The smallest absolute Gasteiger partial charge is 0.328 e. The number of aliphatic carboxylic acids is 2. The lowest BCUT2D eigenvalue weighted by molar-refractivity contribution is -0.148. The fraction of sp³-hybridized carbons (Fsp3) is 0.375. The number of carbonyl (C=O) groups is 4. The second kappa shape index (κ2) is 9.82. The number of aromatic nitrogens is 2. The number of hydrogen-bond donors (Lipinski definition) is 6. The minimum atomic E-state index is -1.56. The number of phenolic OH excluding ortho intramolecular Hbond substituents is 1. The van der Waals surface area contributed by atoms with Crippen molar-refractivity contribution in [2.75, 3.05) is 6.54 Å². The van der Waals surface area contributed by atoms with Gasteiger partial charge in [-0.2, -0.15) is 0 Å². The van der Waals surface area contributed by atoms with Crippen LogP contribution in [0.2, 0.25) is 0 Å². The fourth-order valence-electron chi connectivity index (χ4n) is 4.54. The molecule has 0 radical (unpaired) electrons. The van der Waals surface area contributed by atoms with Gasteiger partial charge in [0.1, 0.15) is 17.5 Å². The second-order valence-corrected chi connectivity index (χ2v) is 8.85. The van der Waals surface area contributed by atoms with E-state index in [4.69, 9.17) is 0 Å². The number of fused-ring (bicyclic) bond motifs is 3. The van der Waals surface area contributed by atoms with Gasteiger partial charge in [0.25, 0.3) is 5.91 Å². The number of aryl methyl sites for hydroxylation is 1. The lowest BCUT2D eigenvalue weighted by Crippen LogP contribution is -2.47. The molecule has 3 heterocycles. The standard InChI is InChI=1S/C24H26N4O8/c1-11(29)20(24(35)36)27-22(32)17-10-14-13-9-12(30)4-5-15(13)26-21(14)16(25-17)6-7-19(31)28-8-2-3-18(28)23(33)34/h4-5,9-11,18,20,26,29-30H,2-3,6-8H2,1H3,(H,27,32)(H,33,34)(H,35,36)/t11?,18-,20?/m0/s1. The van der Waals surface area contributed by atoms with E-state index in [9.17, 15) is 39.6 Å². The predicted molar refractivity (Wildman–Crippen MR) is 127 cm³/mol. The van der Waals surface area contributed by atoms with E-state index in [-0.39, 0.29) is 30.2 Å². The number of benzene rings is 1. The Morgan fingerprint density at radius 1 is 1.19 bits per heavy atom. The number of nitrogens with one attached hydrogen (secondary N) is 2. The van der Waals surface area contributed by atoms with Crippen LogP contribution in [-0.2, 0) is 20.8 Å². The third-order valence-corrected chi connectivity index (χ3v) is 6.35. The highest BCUT2D eigenvalue weighted by Gasteiger charge is 2.34. The number of aliphatic hydroxyl groups is 1. The van der Waals surface area contributed by atoms with Crippen LogP contribution in [0.15, 0.2) is 24.3 Å². The number of aromatic hydroxyl groups is 1. The van der Waals surface area contributed by atoms with E-state index in [1.807, 2.05) is 0 Å². The molecule has 2 amide bonds. The van der Waals surface area contributed by atoms with E-state index in [1.165, 1.54) is 30.0 Å². The van der Waals surface area contributed by atoms with Crippen molar-refractivity contribution in [3.8, 4) is 5.75 Å². The number of nitrogens with zero attached hydrogens (tertiary/aromatic N) is 2. The summed E-state index contributed by atoms with van der Waals surface area (Å²) in [6.45, 7) is 1.58. The molecular weight excluding hydrogens is 472 g/mol. The Morgan fingerprint density at radius 2 is 1.94 bits per heavy atom. The minimum absolute atomic E-state index is 0.00302. The number of pyridine rings is 1. The van der Waals surface area contributed by atoms with E-state index in [2.05, 4.69) is 15.3 Å². The quantitative estimate of drug-likeness (QED) is 0.263. The molecule has 2 unspecified atom stereocenters. The molecule has 36 heavy (non-hydrogen) atoms. The third-order valence-electron chi connectivity index (χ3n) is 6.35. The topological polar surface area (TPSA) is 193 Å². The Balaban J connectivity index is 1.70. The maximum absolute atomic E-state index is 12.9. The van der Waals surface area contributed by atoms with Gasteiger partial charge in [-0.1, -0.05) is 0 Å². The lowest BCUT2D eigenvalue weighted by Gasteiger charge is -2.21. The number of likely N-dealkylation sites (tertiary alicyclic amines) is 1. The summed E-state index contributed by atoms with van der Waals surface area (Å²) in [5.74, 6) is -3.66. The van der Waals surface area contributed by atoms with Crippen molar-refractivity contribution in [3.63, 3.8) is 0 Å². The molecule has 1 aliphatic heterocycles. The summed E-state index contributed by atoms with van der Waals surface area (Å²) in [4.78, 5) is 57.5. The zero-order valence-corrected chi connectivity index (χ0v) is 19.4. The molecule has 12 nitrogen and oxygen atoms in total. The summed E-state index contributed by atoms with van der Waals surface area (Å²) in [5.41, 5.74) is 1.39. The van der Waals surface area contributed by atoms with Crippen LogP contribution in [0, 0.1) is 0 Å². The number of carboxylic acids is 2. The Hall–Kier alpha value is -4.19. The van der Waals surface area contributed by atoms with Gasteiger partial charge in [0, 0.05) is 35.7 Å². The molecule has 12 heteroatoms. The zero-order chi connectivity index (χ0) is 26.1. The molecule has 0 bridgehead atoms. The summed E-state index contributed by atoms with van der Waals surface area (Å²) in [5, 5.41) is 41.7. The molecule has 2 aromatic heterocycles. The molecule has 3 aromatic rings. The predicted octanol–water partition coefficient (Wildman–Crippen LogP) is 0.994. The molecule has 1 aliphatic rings. The largest absolute Gasteiger partial charge is 0.508 e. The Labute approximate surface area is 204 Å². The molecule has 0 spiro atoms. The molecule has 0 saturated carbocycles. The van der Waals surface area contributed by atoms with E-state index in [0.29, 0.717) is 46.9 Å². The van der Waals surface area contributed by atoms with Crippen molar-refractivity contribution >= 4 is 45.6 Å². The van der Waals surface area contributed by atoms with Crippen LogP contribution in [0.5, 0.6) is 5.75 Å². The third kappa shape index (κ3) is 4.80. The van der Waals surface area contributed by atoms with E-state index >= 15 is 0 Å². The molecule has 0 aliphatic carbocycles. The first-order valence-corrected chi connectivity index (χ1v) is 11.4. The SMILES string of the molecule is CC(O)C(NC(=O)c1cc2c([nH]c3ccc(O)cc32)c(CCC(=O)N2CCC[C@H]2C(=O)O)n1)C(=O)O. The number of aromatic amines is 1. The van der Waals surface area contributed by atoms with Crippen molar-refractivity contribution in [2.24, 2.45) is 0 Å². The maximum atomic E-state index is 12.9. The van der Waals surface area contributed by atoms with Gasteiger partial charge in [-0.15, -0.1) is 0 Å². The second-order valence-electron chi connectivity index (χ2n) is 8.85. The molecule has 1 saturated heterocycles. The van der Waals surface area contributed by atoms with Crippen LogP contribution in [0.25, 0.3) is 21.8 Å². The molecule has 190 valence electrons. The number of aliphatic hydroxyl groups excluding tert-OH is 1.